The second-order valence-electron chi connectivity index (χ2n) is 9.27. The zero-order chi connectivity index (χ0) is 25.1. The Morgan fingerprint density at radius 1 is 0.943 bits per heavy atom. The molecule has 1 fully saturated rings. The topological polar surface area (TPSA) is 78.9 Å². The van der Waals surface area contributed by atoms with E-state index in [4.69, 9.17) is 4.74 Å². The van der Waals surface area contributed by atoms with Crippen LogP contribution in [0.15, 0.2) is 83.8 Å². The molecule has 0 aromatic heterocycles. The molecular formula is C28H30N2O4S. The summed E-state index contributed by atoms with van der Waals surface area (Å²) in [5, 5.41) is 12.5. The van der Waals surface area contributed by atoms with E-state index < -0.39 is 23.3 Å². The number of carbonyl (C=O) groups excluding carboxylic acids is 1. The molecule has 0 spiro atoms. The maximum atomic E-state index is 13.0. The third-order valence-electron chi connectivity index (χ3n) is 6.25. The molecule has 6 nitrogen and oxygen atoms in total. The molecule has 1 atom stereocenters. The lowest BCUT2D eigenvalue weighted by Gasteiger charge is -2.36. The number of aryl methyl sites for hydroxylation is 1. The van der Waals surface area contributed by atoms with Gasteiger partial charge in [-0.05, 0) is 68.1 Å². The lowest BCUT2D eigenvalue weighted by atomic mass is 10.00. The van der Waals surface area contributed by atoms with Crippen molar-refractivity contribution in [3.63, 3.8) is 0 Å². The number of hydrogen-bond acceptors (Lipinski definition) is 4. The maximum Gasteiger partial charge on any atom is 0.410 e. The van der Waals surface area contributed by atoms with E-state index in [1.807, 2.05) is 42.5 Å². The fourth-order valence-corrected chi connectivity index (χ4v) is 5.23. The number of benzene rings is 3. The standard InChI is InChI=1S/C28H30N2O4S/c1-27(2)30(26(32)33)28(3,19-34-27)25(31)29-23-13-15-24(16-14-23)35-18-17-20-9-11-22(12-10-20)21-7-5-4-6-8-21/h4-16H,17-19H2,1-3H3,(H,29,31)(H,32,33). The van der Waals surface area contributed by atoms with Crippen molar-refractivity contribution >= 4 is 29.4 Å². The summed E-state index contributed by atoms with van der Waals surface area (Å²) in [6, 6.07) is 26.6. The number of nitrogens with one attached hydrogen (secondary N) is 1. The predicted octanol–water partition coefficient (Wildman–Crippen LogP) is 6.13. The number of rotatable bonds is 7. The summed E-state index contributed by atoms with van der Waals surface area (Å²) in [6.45, 7) is 4.87. The minimum absolute atomic E-state index is 0.00159. The predicted molar refractivity (Wildman–Crippen MR) is 140 cm³/mol. The smallest absolute Gasteiger partial charge is 0.410 e. The molecule has 182 valence electrons. The molecule has 3 aromatic carbocycles. The Morgan fingerprint density at radius 2 is 1.57 bits per heavy atom. The number of carbonyl (C=O) groups is 2. The lowest BCUT2D eigenvalue weighted by Crippen LogP contribution is -2.59. The highest BCUT2D eigenvalue weighted by Gasteiger charge is 2.56. The fourth-order valence-electron chi connectivity index (χ4n) is 4.33. The summed E-state index contributed by atoms with van der Waals surface area (Å²) in [5.41, 5.74) is 1.97. The highest BCUT2D eigenvalue weighted by Crippen LogP contribution is 2.36. The molecule has 3 aromatic rings. The number of ether oxygens (including phenoxy) is 1. The van der Waals surface area contributed by atoms with Crippen molar-refractivity contribution in [2.45, 2.75) is 43.4 Å². The van der Waals surface area contributed by atoms with E-state index in [1.165, 1.54) is 16.7 Å². The van der Waals surface area contributed by atoms with Gasteiger partial charge in [0, 0.05) is 16.3 Å². The van der Waals surface area contributed by atoms with Crippen LogP contribution in [0, 0.1) is 0 Å². The fraction of sp³-hybridized carbons (Fsp3) is 0.286. The Labute approximate surface area is 210 Å². The largest absolute Gasteiger partial charge is 0.465 e. The zero-order valence-electron chi connectivity index (χ0n) is 20.2. The van der Waals surface area contributed by atoms with Crippen LogP contribution in [0.5, 0.6) is 0 Å². The van der Waals surface area contributed by atoms with Crippen molar-refractivity contribution in [3.8, 4) is 11.1 Å². The minimum Gasteiger partial charge on any atom is -0.465 e. The summed E-state index contributed by atoms with van der Waals surface area (Å²) >= 11 is 1.75. The van der Waals surface area contributed by atoms with Gasteiger partial charge in [0.25, 0.3) is 5.91 Å². The molecule has 0 aliphatic carbocycles. The molecule has 1 aliphatic rings. The van der Waals surface area contributed by atoms with Crippen LogP contribution in [0.1, 0.15) is 26.3 Å². The van der Waals surface area contributed by atoms with E-state index in [9.17, 15) is 14.7 Å². The molecule has 0 bridgehead atoms. The minimum atomic E-state index is -1.31. The van der Waals surface area contributed by atoms with Gasteiger partial charge in [-0.1, -0.05) is 54.6 Å². The molecule has 1 heterocycles. The van der Waals surface area contributed by atoms with Crippen LogP contribution in [0.2, 0.25) is 0 Å². The molecule has 1 unspecified atom stereocenters. The molecule has 35 heavy (non-hydrogen) atoms. The first-order valence-corrected chi connectivity index (χ1v) is 12.5. The molecule has 1 aliphatic heterocycles. The van der Waals surface area contributed by atoms with Crippen LogP contribution in [0.4, 0.5) is 10.5 Å². The first-order chi connectivity index (χ1) is 16.7. The van der Waals surface area contributed by atoms with Crippen molar-refractivity contribution in [1.82, 2.24) is 4.90 Å². The molecule has 1 saturated heterocycles. The van der Waals surface area contributed by atoms with Gasteiger partial charge in [0.1, 0.15) is 11.3 Å². The highest BCUT2D eigenvalue weighted by atomic mass is 32.2. The van der Waals surface area contributed by atoms with Crippen LogP contribution >= 0.6 is 11.8 Å². The molecular weight excluding hydrogens is 460 g/mol. The first kappa shape index (κ1) is 24.8. The molecule has 0 radical (unpaired) electrons. The summed E-state index contributed by atoms with van der Waals surface area (Å²) < 4.78 is 5.60. The van der Waals surface area contributed by atoms with Gasteiger partial charge in [0.05, 0.1) is 6.61 Å². The number of anilines is 1. The van der Waals surface area contributed by atoms with E-state index in [1.54, 1.807) is 32.5 Å². The Balaban J connectivity index is 1.30. The lowest BCUT2D eigenvalue weighted by molar-refractivity contribution is -0.126. The van der Waals surface area contributed by atoms with Gasteiger partial charge in [-0.3, -0.25) is 9.69 Å². The summed E-state index contributed by atoms with van der Waals surface area (Å²) in [4.78, 5) is 26.9. The van der Waals surface area contributed by atoms with Gasteiger partial charge in [-0.25, -0.2) is 4.79 Å². The van der Waals surface area contributed by atoms with Gasteiger partial charge in [-0.15, -0.1) is 11.8 Å². The van der Waals surface area contributed by atoms with E-state index in [2.05, 4.69) is 41.7 Å². The van der Waals surface area contributed by atoms with Crippen molar-refractivity contribution in [2.24, 2.45) is 0 Å². The van der Waals surface area contributed by atoms with Crippen molar-refractivity contribution in [1.29, 1.82) is 0 Å². The molecule has 0 saturated carbocycles. The highest BCUT2D eigenvalue weighted by molar-refractivity contribution is 7.99. The van der Waals surface area contributed by atoms with E-state index in [-0.39, 0.29) is 6.61 Å². The molecule has 4 rings (SSSR count). The van der Waals surface area contributed by atoms with E-state index >= 15 is 0 Å². The second kappa shape index (κ2) is 10.1. The summed E-state index contributed by atoms with van der Waals surface area (Å²) in [5.74, 6) is 0.527. The van der Waals surface area contributed by atoms with Gasteiger partial charge in [0.2, 0.25) is 0 Å². The quantitative estimate of drug-likeness (QED) is 0.390. The average Bonchev–Trinajstić information content (AvgIpc) is 3.11. The van der Waals surface area contributed by atoms with Gasteiger partial charge in [-0.2, -0.15) is 0 Å². The second-order valence-corrected chi connectivity index (χ2v) is 10.4. The number of carboxylic acid groups (broad SMARTS) is 1. The normalized spacial score (nSPS) is 18.9. The molecule has 2 N–H and O–H groups in total. The maximum absolute atomic E-state index is 13.0. The zero-order valence-corrected chi connectivity index (χ0v) is 21.0. The Bertz CT molecular complexity index is 1180. The third-order valence-corrected chi connectivity index (χ3v) is 7.27. The van der Waals surface area contributed by atoms with Crippen LogP contribution in [0.3, 0.4) is 0 Å². The van der Waals surface area contributed by atoms with E-state index in [0.29, 0.717) is 5.69 Å². The Kier molecular flexibility index (Phi) is 7.19. The summed E-state index contributed by atoms with van der Waals surface area (Å²) in [7, 11) is 0. The van der Waals surface area contributed by atoms with Gasteiger partial charge >= 0.3 is 6.09 Å². The first-order valence-electron chi connectivity index (χ1n) is 11.5. The average molecular weight is 491 g/mol. The Morgan fingerprint density at radius 3 is 2.20 bits per heavy atom. The number of nitrogens with zero attached hydrogens (tertiary/aromatic N) is 1. The van der Waals surface area contributed by atoms with Crippen molar-refractivity contribution < 1.29 is 19.4 Å². The van der Waals surface area contributed by atoms with Gasteiger partial charge < -0.3 is 15.2 Å². The van der Waals surface area contributed by atoms with E-state index in [0.717, 1.165) is 22.0 Å². The van der Waals surface area contributed by atoms with Crippen LogP contribution in [-0.2, 0) is 16.0 Å². The van der Waals surface area contributed by atoms with Crippen molar-refractivity contribution in [2.75, 3.05) is 17.7 Å². The molecule has 2 amide bonds. The van der Waals surface area contributed by atoms with Crippen LogP contribution in [-0.4, -0.2) is 45.6 Å². The number of amides is 2. The van der Waals surface area contributed by atoms with Crippen LogP contribution < -0.4 is 5.32 Å². The van der Waals surface area contributed by atoms with Gasteiger partial charge in [0.15, 0.2) is 0 Å². The third kappa shape index (κ3) is 5.52. The molecule has 7 heteroatoms. The number of thioether (sulfide) groups is 1. The number of hydrogen-bond donors (Lipinski definition) is 2. The summed E-state index contributed by atoms with van der Waals surface area (Å²) in [6.07, 6.45) is -0.233. The monoisotopic (exact) mass is 490 g/mol. The Hall–Kier alpha value is -3.29. The SMILES string of the molecule is CC1(C)OCC(C)(C(=O)Nc2ccc(SCCc3ccc(-c4ccccc4)cc3)cc2)N1C(=O)O. The van der Waals surface area contributed by atoms with Crippen LogP contribution in [0.25, 0.3) is 11.1 Å². The van der Waals surface area contributed by atoms with Crippen molar-refractivity contribution in [3.05, 3.63) is 84.4 Å².